The van der Waals surface area contributed by atoms with Gasteiger partial charge in [-0.3, -0.25) is 9.79 Å². The van der Waals surface area contributed by atoms with Crippen LogP contribution in [0.15, 0.2) is 40.7 Å². The molecule has 1 saturated heterocycles. The average Bonchev–Trinajstić information content (AvgIpc) is 3.35. The summed E-state index contributed by atoms with van der Waals surface area (Å²) in [5, 5.41) is 10.0. The van der Waals surface area contributed by atoms with Crippen LogP contribution in [0.25, 0.3) is 0 Å². The lowest BCUT2D eigenvalue weighted by Gasteiger charge is -2.18. The van der Waals surface area contributed by atoms with E-state index in [9.17, 15) is 4.79 Å². The molecule has 0 bridgehead atoms. The van der Waals surface area contributed by atoms with Crippen LogP contribution >= 0.6 is 11.3 Å². The van der Waals surface area contributed by atoms with Gasteiger partial charge in [-0.2, -0.15) is 0 Å². The molecule has 1 aliphatic heterocycles. The highest BCUT2D eigenvalue weighted by molar-refractivity contribution is 7.09. The van der Waals surface area contributed by atoms with Crippen molar-refractivity contribution in [2.24, 2.45) is 10.9 Å². The summed E-state index contributed by atoms with van der Waals surface area (Å²) in [7, 11) is 1.78. The Labute approximate surface area is 177 Å². The Hall–Kier alpha value is -2.41. The van der Waals surface area contributed by atoms with E-state index in [0.717, 1.165) is 57.1 Å². The fourth-order valence-corrected chi connectivity index (χ4v) is 4.29. The van der Waals surface area contributed by atoms with Crippen molar-refractivity contribution in [2.75, 3.05) is 33.2 Å². The number of aromatic nitrogens is 1. The molecule has 1 unspecified atom stereocenters. The van der Waals surface area contributed by atoms with E-state index in [2.05, 4.69) is 45.0 Å². The van der Waals surface area contributed by atoms with Crippen molar-refractivity contribution in [1.82, 2.24) is 20.5 Å². The molecule has 1 aliphatic rings. The van der Waals surface area contributed by atoms with E-state index in [4.69, 9.17) is 0 Å². The van der Waals surface area contributed by atoms with E-state index in [1.807, 2.05) is 23.1 Å². The molecule has 0 aliphatic carbocycles. The molecule has 0 saturated carbocycles. The maximum atomic E-state index is 12.3. The summed E-state index contributed by atoms with van der Waals surface area (Å²) in [6, 6.07) is 10.3. The Morgan fingerprint density at radius 3 is 2.83 bits per heavy atom. The van der Waals surface area contributed by atoms with Crippen LogP contribution in [0.5, 0.6) is 0 Å². The number of benzene rings is 1. The molecular formula is C22H31N5OS. The molecule has 0 spiro atoms. The SMILES string of the molecule is CCc1nc(CCNC(=NC)NCC2CC(=O)N(CCc3ccccc3)C2)cs1. The van der Waals surface area contributed by atoms with Crippen molar-refractivity contribution in [3.8, 4) is 0 Å². The molecule has 3 rings (SSSR count). The monoisotopic (exact) mass is 413 g/mol. The van der Waals surface area contributed by atoms with E-state index < -0.39 is 0 Å². The first-order valence-corrected chi connectivity index (χ1v) is 11.3. The van der Waals surface area contributed by atoms with Crippen molar-refractivity contribution < 1.29 is 4.79 Å². The van der Waals surface area contributed by atoms with E-state index in [0.29, 0.717) is 12.3 Å². The summed E-state index contributed by atoms with van der Waals surface area (Å²) < 4.78 is 0. The zero-order valence-corrected chi connectivity index (χ0v) is 18.2. The number of rotatable bonds is 9. The van der Waals surface area contributed by atoms with Crippen LogP contribution in [0.1, 0.15) is 29.6 Å². The normalized spacial score (nSPS) is 17.0. The number of thiazole rings is 1. The van der Waals surface area contributed by atoms with Crippen molar-refractivity contribution in [2.45, 2.75) is 32.6 Å². The first-order chi connectivity index (χ1) is 14.2. The highest BCUT2D eigenvalue weighted by Crippen LogP contribution is 2.17. The predicted molar refractivity (Wildman–Crippen MR) is 119 cm³/mol. The van der Waals surface area contributed by atoms with Gasteiger partial charge in [0.15, 0.2) is 5.96 Å². The van der Waals surface area contributed by atoms with Gasteiger partial charge >= 0.3 is 0 Å². The second-order valence-corrected chi connectivity index (χ2v) is 8.30. The second kappa shape index (κ2) is 11.0. The molecule has 2 N–H and O–H groups in total. The Bertz CT molecular complexity index is 805. The van der Waals surface area contributed by atoms with Crippen LogP contribution in [0.2, 0.25) is 0 Å². The minimum Gasteiger partial charge on any atom is -0.356 e. The van der Waals surface area contributed by atoms with Gasteiger partial charge in [-0.1, -0.05) is 37.3 Å². The summed E-state index contributed by atoms with van der Waals surface area (Å²) in [6.07, 6.45) is 3.39. The quantitative estimate of drug-likeness (QED) is 0.490. The summed E-state index contributed by atoms with van der Waals surface area (Å²) in [5.41, 5.74) is 2.41. The first-order valence-electron chi connectivity index (χ1n) is 10.4. The summed E-state index contributed by atoms with van der Waals surface area (Å²) in [6.45, 7) is 5.28. The number of aryl methyl sites for hydroxylation is 1. The van der Waals surface area contributed by atoms with Crippen LogP contribution in [0.3, 0.4) is 0 Å². The molecular weight excluding hydrogens is 382 g/mol. The fraction of sp³-hybridized carbons (Fsp3) is 0.500. The van der Waals surface area contributed by atoms with Gasteiger partial charge in [-0.25, -0.2) is 4.98 Å². The van der Waals surface area contributed by atoms with Gasteiger partial charge in [0, 0.05) is 57.4 Å². The molecule has 2 heterocycles. The molecule has 1 aromatic carbocycles. The highest BCUT2D eigenvalue weighted by atomic mass is 32.1. The van der Waals surface area contributed by atoms with Crippen LogP contribution in [0, 0.1) is 5.92 Å². The van der Waals surface area contributed by atoms with E-state index in [1.54, 1.807) is 18.4 Å². The van der Waals surface area contributed by atoms with Crippen LogP contribution in [-0.4, -0.2) is 55.0 Å². The summed E-state index contributed by atoms with van der Waals surface area (Å²) in [4.78, 5) is 23.2. The maximum absolute atomic E-state index is 12.3. The van der Waals surface area contributed by atoms with Crippen LogP contribution in [-0.2, 0) is 24.1 Å². The molecule has 1 amide bonds. The Kier molecular flexibility index (Phi) is 8.04. The molecule has 29 heavy (non-hydrogen) atoms. The largest absolute Gasteiger partial charge is 0.356 e. The van der Waals surface area contributed by atoms with Gasteiger partial charge in [-0.05, 0) is 18.4 Å². The van der Waals surface area contributed by atoms with Gasteiger partial charge in [0.1, 0.15) is 0 Å². The number of nitrogens with zero attached hydrogens (tertiary/aromatic N) is 3. The lowest BCUT2D eigenvalue weighted by Crippen LogP contribution is -2.41. The maximum Gasteiger partial charge on any atom is 0.223 e. The predicted octanol–water partition coefficient (Wildman–Crippen LogP) is 2.50. The number of carbonyl (C=O) groups is 1. The number of aliphatic imine (C=N–C) groups is 1. The van der Waals surface area contributed by atoms with E-state index in [-0.39, 0.29) is 5.91 Å². The van der Waals surface area contributed by atoms with Crippen molar-refractivity contribution in [3.63, 3.8) is 0 Å². The number of hydrogen-bond acceptors (Lipinski definition) is 4. The number of nitrogens with one attached hydrogen (secondary N) is 2. The third kappa shape index (κ3) is 6.56. The third-order valence-corrected chi connectivity index (χ3v) is 6.21. The summed E-state index contributed by atoms with van der Waals surface area (Å²) in [5.74, 6) is 1.36. The minimum atomic E-state index is 0.255. The Balaban J connectivity index is 1.36. The molecule has 1 aromatic heterocycles. The molecule has 1 atom stereocenters. The van der Waals surface area contributed by atoms with Crippen molar-refractivity contribution in [3.05, 3.63) is 52.0 Å². The molecule has 1 fully saturated rings. The third-order valence-electron chi connectivity index (χ3n) is 5.16. The standard InChI is InChI=1S/C22H31N5OS/c1-3-20-26-19(16-29-20)9-11-24-22(23-2)25-14-18-13-21(28)27(15-18)12-10-17-7-5-4-6-8-17/h4-8,16,18H,3,9-15H2,1-2H3,(H2,23,24,25). The van der Waals surface area contributed by atoms with Crippen molar-refractivity contribution >= 4 is 23.2 Å². The zero-order valence-electron chi connectivity index (χ0n) is 17.4. The van der Waals surface area contributed by atoms with E-state index in [1.165, 1.54) is 10.6 Å². The topological polar surface area (TPSA) is 69.6 Å². The number of carbonyl (C=O) groups excluding carboxylic acids is 1. The van der Waals surface area contributed by atoms with Crippen LogP contribution < -0.4 is 10.6 Å². The van der Waals surface area contributed by atoms with Gasteiger partial charge in [-0.15, -0.1) is 11.3 Å². The van der Waals surface area contributed by atoms with Crippen molar-refractivity contribution in [1.29, 1.82) is 0 Å². The smallest absolute Gasteiger partial charge is 0.223 e. The number of likely N-dealkylation sites (tertiary alicyclic amines) is 1. The number of hydrogen-bond donors (Lipinski definition) is 2. The van der Waals surface area contributed by atoms with E-state index >= 15 is 0 Å². The fourth-order valence-electron chi connectivity index (χ4n) is 3.51. The summed E-state index contributed by atoms with van der Waals surface area (Å²) >= 11 is 1.72. The Morgan fingerprint density at radius 1 is 1.28 bits per heavy atom. The molecule has 2 aromatic rings. The molecule has 7 heteroatoms. The first kappa shape index (κ1) is 21.3. The zero-order chi connectivity index (χ0) is 20.5. The highest BCUT2D eigenvalue weighted by Gasteiger charge is 2.29. The van der Waals surface area contributed by atoms with Gasteiger partial charge in [0.2, 0.25) is 5.91 Å². The average molecular weight is 414 g/mol. The van der Waals surface area contributed by atoms with Gasteiger partial charge in [0.05, 0.1) is 10.7 Å². The van der Waals surface area contributed by atoms with Gasteiger partial charge < -0.3 is 15.5 Å². The minimum absolute atomic E-state index is 0.255. The number of guanidine groups is 1. The lowest BCUT2D eigenvalue weighted by atomic mass is 10.1. The molecule has 0 radical (unpaired) electrons. The van der Waals surface area contributed by atoms with Gasteiger partial charge in [0.25, 0.3) is 0 Å². The number of amides is 1. The molecule has 6 nitrogen and oxygen atoms in total. The second-order valence-electron chi connectivity index (χ2n) is 7.36. The lowest BCUT2D eigenvalue weighted by molar-refractivity contribution is -0.127. The molecule has 156 valence electrons. The van der Waals surface area contributed by atoms with Crippen LogP contribution in [0.4, 0.5) is 0 Å². The Morgan fingerprint density at radius 2 is 2.10 bits per heavy atom.